The Labute approximate surface area is 238 Å². The molecular formula is C18H15Cl5PRaRh. The van der Waals surface area contributed by atoms with E-state index in [1.807, 2.05) is 0 Å². The van der Waals surface area contributed by atoms with E-state index in [4.69, 9.17) is 0 Å². The van der Waals surface area contributed by atoms with E-state index in [1.54, 1.807) is 0 Å². The Morgan fingerprint density at radius 2 is 0.577 bits per heavy atom. The van der Waals surface area contributed by atoms with Gasteiger partial charge < -0.3 is 62.0 Å². The van der Waals surface area contributed by atoms with Crippen molar-refractivity contribution in [2.45, 2.75) is 0 Å². The molecule has 0 unspecified atom stereocenters. The van der Waals surface area contributed by atoms with Gasteiger partial charge >= 0.3 is 64.5 Å². The summed E-state index contributed by atoms with van der Waals surface area (Å²) in [6.45, 7) is 0. The van der Waals surface area contributed by atoms with Crippen molar-refractivity contribution in [3.63, 3.8) is 0 Å². The van der Waals surface area contributed by atoms with E-state index >= 15 is 0 Å². The van der Waals surface area contributed by atoms with Crippen LogP contribution in [0.5, 0.6) is 0 Å². The van der Waals surface area contributed by atoms with E-state index in [0.29, 0.717) is 0 Å². The molecule has 0 radical (unpaired) electrons. The second kappa shape index (κ2) is 21.3. The van der Waals surface area contributed by atoms with Crippen molar-refractivity contribution in [2.24, 2.45) is 0 Å². The van der Waals surface area contributed by atoms with Crippen LogP contribution in [0.3, 0.4) is 0 Å². The average Bonchev–Trinajstić information content (AvgIpc) is 2.51. The minimum absolute atomic E-state index is 0. The first kappa shape index (κ1) is 38.3. The van der Waals surface area contributed by atoms with Crippen LogP contribution in [0.2, 0.25) is 0 Å². The van der Waals surface area contributed by atoms with Crippen LogP contribution >= 0.6 is 7.92 Å². The Bertz CT molecular complexity index is 554. The first-order valence-corrected chi connectivity index (χ1v) is 7.74. The Balaban J connectivity index is -0.000000210. The van der Waals surface area contributed by atoms with Gasteiger partial charge in [0, 0.05) is 0 Å². The number of hydrogen-bond acceptors (Lipinski definition) is 0. The summed E-state index contributed by atoms with van der Waals surface area (Å²) < 4.78 is 0. The van der Waals surface area contributed by atoms with Crippen LogP contribution in [0.4, 0.5) is 0 Å². The van der Waals surface area contributed by atoms with Gasteiger partial charge in [0.05, 0.1) is 0 Å². The molecule has 0 saturated carbocycles. The van der Waals surface area contributed by atoms with E-state index in [0.717, 1.165) is 0 Å². The maximum atomic E-state index is 2.23. The normalized spacial score (nSPS) is 7.73. The molecule has 138 valence electrons. The summed E-state index contributed by atoms with van der Waals surface area (Å²) in [5, 5.41) is 4.19. The van der Waals surface area contributed by atoms with Crippen molar-refractivity contribution in [1.29, 1.82) is 0 Å². The molecule has 0 saturated heterocycles. The molecule has 0 fully saturated rings. The molecule has 8 heteroatoms. The Morgan fingerprint density at radius 1 is 0.385 bits per heavy atom. The third-order valence-electron chi connectivity index (χ3n) is 3.04. The summed E-state index contributed by atoms with van der Waals surface area (Å²) in [7, 11) is -0.446. The van der Waals surface area contributed by atoms with Crippen LogP contribution in [-0.2, 0) is 19.5 Å². The first-order chi connectivity index (χ1) is 9.45. The summed E-state index contributed by atoms with van der Waals surface area (Å²) in [6.07, 6.45) is 0. The zero-order valence-corrected chi connectivity index (χ0v) is 25.7. The van der Waals surface area contributed by atoms with Crippen molar-refractivity contribution in [3.05, 3.63) is 91.0 Å². The van der Waals surface area contributed by atoms with Gasteiger partial charge in [0.1, 0.15) is 0 Å². The molecule has 26 heavy (non-hydrogen) atoms. The van der Waals surface area contributed by atoms with Crippen LogP contribution in [0.1, 0.15) is 0 Å². The van der Waals surface area contributed by atoms with Gasteiger partial charge in [0.15, 0.2) is 0 Å². The van der Waals surface area contributed by atoms with Crippen LogP contribution < -0.4 is 77.9 Å². The van der Waals surface area contributed by atoms with Gasteiger partial charge in [-0.3, -0.25) is 0 Å². The molecular weight excluding hydrogens is 753 g/mol. The summed E-state index contributed by atoms with van der Waals surface area (Å²) in [6, 6.07) is 32.3. The van der Waals surface area contributed by atoms with Gasteiger partial charge in [0.25, 0.3) is 0 Å². The molecule has 0 spiro atoms. The van der Waals surface area contributed by atoms with Gasteiger partial charge in [-0.05, 0) is 23.8 Å². The van der Waals surface area contributed by atoms with Crippen LogP contribution in [0, 0.1) is 45.0 Å². The molecule has 3 rings (SSSR count). The molecule has 0 aliphatic heterocycles. The minimum Gasteiger partial charge on any atom is -1.00 e. The minimum atomic E-state index is -0.446. The SMILES string of the molecule is [Cl-].[Cl-].[Cl-].[Cl-].[Cl-].[Ra+2].[Rh+3].c1ccc(P(c2ccccc2)c2ccccc2)cc1. The fraction of sp³-hybridized carbons (Fsp3) is 0. The summed E-state index contributed by atoms with van der Waals surface area (Å²) >= 11 is 0. The van der Waals surface area contributed by atoms with Gasteiger partial charge in [-0.1, -0.05) is 91.0 Å². The van der Waals surface area contributed by atoms with Crippen LogP contribution in [-0.4, -0.2) is 0 Å². The second-order valence-corrected chi connectivity index (χ2v) is 6.56. The van der Waals surface area contributed by atoms with E-state index in [9.17, 15) is 0 Å². The van der Waals surface area contributed by atoms with Crippen molar-refractivity contribution >= 4 is 23.8 Å². The molecule has 0 atom stereocenters. The predicted octanol–water partition coefficient (Wildman–Crippen LogP) is -11.5. The molecule has 0 amide bonds. The van der Waals surface area contributed by atoms with E-state index in [1.165, 1.54) is 15.9 Å². The molecule has 0 aromatic heterocycles. The van der Waals surface area contributed by atoms with Crippen LogP contribution in [0.25, 0.3) is 0 Å². The van der Waals surface area contributed by atoms with E-state index < -0.39 is 7.92 Å². The van der Waals surface area contributed by atoms with Crippen LogP contribution in [0.15, 0.2) is 91.0 Å². The molecule has 3 aromatic rings. The zero-order valence-electron chi connectivity index (χ0n) is 13.5. The predicted molar refractivity (Wildman–Crippen MR) is 85.1 cm³/mol. The van der Waals surface area contributed by atoms with Gasteiger partial charge in [0.2, 0.25) is 0 Å². The topological polar surface area (TPSA) is 0 Å². The third-order valence-corrected chi connectivity index (χ3v) is 5.49. The monoisotopic (exact) mass is 766 g/mol. The average molecular weight is 768 g/mol. The number of rotatable bonds is 3. The molecule has 0 aliphatic rings. The summed E-state index contributed by atoms with van der Waals surface area (Å²) in [5.41, 5.74) is 0. The molecule has 0 N–H and O–H groups in total. The maximum absolute atomic E-state index is 2.23. The van der Waals surface area contributed by atoms with Gasteiger partial charge in [-0.25, -0.2) is 0 Å². The Morgan fingerprint density at radius 3 is 0.769 bits per heavy atom. The summed E-state index contributed by atoms with van der Waals surface area (Å²) in [5.74, 6) is 0. The molecule has 0 heterocycles. The molecule has 0 aliphatic carbocycles. The third kappa shape index (κ3) is 11.0. The maximum Gasteiger partial charge on any atom is 3.00 e. The molecule has 0 nitrogen and oxygen atoms in total. The number of benzene rings is 3. The quantitative estimate of drug-likeness (QED) is 0.184. The van der Waals surface area contributed by atoms with Gasteiger partial charge in [-0.15, -0.1) is 0 Å². The molecule has 3 aromatic carbocycles. The fourth-order valence-corrected chi connectivity index (χ4v) is 4.48. The van der Waals surface area contributed by atoms with E-state index in [2.05, 4.69) is 91.0 Å². The Hall–Kier alpha value is 1.63. The van der Waals surface area contributed by atoms with E-state index in [-0.39, 0.29) is 127 Å². The van der Waals surface area contributed by atoms with Crippen molar-refractivity contribution in [1.82, 2.24) is 0 Å². The second-order valence-electron chi connectivity index (χ2n) is 4.34. The van der Waals surface area contributed by atoms with Gasteiger partial charge in [-0.2, -0.15) is 0 Å². The van der Waals surface area contributed by atoms with Crippen molar-refractivity contribution < 1.29 is 127 Å². The standard InChI is InChI=1S/C18H15P.5ClH.Ra.Rh/c1-4-10-16(11-5-1)19(17-12-6-2-7-13-17)18-14-8-3-9-15-18;;;;;;;/h1-15H;5*1H;;/q;;;;;;+2;+3/p-5. The van der Waals surface area contributed by atoms with Crippen molar-refractivity contribution in [3.8, 4) is 0 Å². The summed E-state index contributed by atoms with van der Waals surface area (Å²) in [4.78, 5) is 0. The first-order valence-electron chi connectivity index (χ1n) is 6.40. The number of halogens is 5. The largest absolute Gasteiger partial charge is 3.00 e. The zero-order chi connectivity index (χ0) is 12.9. The fourth-order valence-electron chi connectivity index (χ4n) is 2.18. The Kier molecular flexibility index (Phi) is 31.4. The number of hydrogen-bond donors (Lipinski definition) is 0. The smallest absolute Gasteiger partial charge is 1.00 e. The molecule has 0 bridgehead atoms. The van der Waals surface area contributed by atoms with Crippen molar-refractivity contribution in [2.75, 3.05) is 0 Å².